The number of ether oxygens (including phenoxy) is 2. The van der Waals surface area contributed by atoms with Crippen molar-refractivity contribution in [3.8, 4) is 5.75 Å². The summed E-state index contributed by atoms with van der Waals surface area (Å²) < 4.78 is 41.7. The zero-order chi connectivity index (χ0) is 37.3. The van der Waals surface area contributed by atoms with Gasteiger partial charge in [0.1, 0.15) is 11.8 Å². The molecule has 2 aromatic rings. The van der Waals surface area contributed by atoms with Gasteiger partial charge in [0.15, 0.2) is 0 Å². The number of likely N-dealkylation sites (N-methyl/N-ethyl adjacent to an activating group) is 1. The fourth-order valence-electron chi connectivity index (χ4n) is 9.21. The molecule has 2 bridgehead atoms. The quantitative estimate of drug-likeness (QED) is 0.380. The van der Waals surface area contributed by atoms with Crippen LogP contribution in [0.3, 0.4) is 0 Å². The summed E-state index contributed by atoms with van der Waals surface area (Å²) in [6.45, 7) is 8.30. The number of amides is 2. The molecule has 2 amide bonds. The molecule has 0 saturated carbocycles. The number of nitrogens with one attached hydrogen (secondary N) is 1. The minimum absolute atomic E-state index is 0.0656. The number of aryl methyl sites for hydroxylation is 1. The van der Waals surface area contributed by atoms with E-state index in [0.717, 1.165) is 81.8 Å². The van der Waals surface area contributed by atoms with Crippen LogP contribution in [0.4, 0.5) is 5.69 Å². The van der Waals surface area contributed by atoms with Crippen LogP contribution in [-0.2, 0) is 31.4 Å². The Morgan fingerprint density at radius 1 is 1.09 bits per heavy atom. The van der Waals surface area contributed by atoms with Crippen LogP contribution in [0.5, 0.6) is 5.75 Å². The Hall–Kier alpha value is -3.12. The van der Waals surface area contributed by atoms with Gasteiger partial charge in [0, 0.05) is 61.9 Å². The summed E-state index contributed by atoms with van der Waals surface area (Å²) in [5.74, 6) is 0.345. The van der Waals surface area contributed by atoms with E-state index >= 15 is 0 Å². The maximum Gasteiger partial charge on any atom is 0.264 e. The van der Waals surface area contributed by atoms with Crippen LogP contribution < -0.4 is 14.4 Å². The van der Waals surface area contributed by atoms with Crippen molar-refractivity contribution in [2.45, 2.75) is 94.4 Å². The molecular formula is C41H55ClN4O6S. The van der Waals surface area contributed by atoms with E-state index in [4.69, 9.17) is 21.1 Å². The van der Waals surface area contributed by atoms with Crippen LogP contribution in [0.1, 0.15) is 86.7 Å². The summed E-state index contributed by atoms with van der Waals surface area (Å²) in [5, 5.41) is -0.110. The third kappa shape index (κ3) is 8.14. The Bertz CT molecular complexity index is 1810. The molecule has 0 aromatic heterocycles. The van der Waals surface area contributed by atoms with Crippen molar-refractivity contribution in [1.29, 1.82) is 0 Å². The number of fused-ring (bicyclic) bond motifs is 4. The molecule has 0 radical (unpaired) electrons. The maximum atomic E-state index is 14.5. The first-order chi connectivity index (χ1) is 25.4. The average Bonchev–Trinajstić information content (AvgIpc) is 3.55. The Balaban J connectivity index is 1.26. The van der Waals surface area contributed by atoms with Gasteiger partial charge in [-0.1, -0.05) is 36.7 Å². The number of rotatable bonds is 4. The second-order valence-electron chi connectivity index (χ2n) is 16.2. The molecular weight excluding hydrogens is 712 g/mol. The molecule has 1 aliphatic carbocycles. The number of hydrogen-bond acceptors (Lipinski definition) is 8. The number of allylic oxidation sites excluding steroid dienone is 1. The van der Waals surface area contributed by atoms with Crippen molar-refractivity contribution in [1.82, 2.24) is 14.5 Å². The summed E-state index contributed by atoms with van der Waals surface area (Å²) in [5.41, 5.74) is 3.19. The lowest BCUT2D eigenvalue weighted by Crippen LogP contribution is -2.53. The number of sulfonamides is 1. The predicted molar refractivity (Wildman–Crippen MR) is 208 cm³/mol. The van der Waals surface area contributed by atoms with Crippen molar-refractivity contribution in [3.63, 3.8) is 0 Å². The lowest BCUT2D eigenvalue weighted by atomic mass is 9.70. The monoisotopic (exact) mass is 766 g/mol. The van der Waals surface area contributed by atoms with Crippen LogP contribution in [-0.4, -0.2) is 100 Å². The van der Waals surface area contributed by atoms with E-state index in [1.54, 1.807) is 25.1 Å². The van der Waals surface area contributed by atoms with Crippen molar-refractivity contribution in [3.05, 3.63) is 70.3 Å². The highest BCUT2D eigenvalue weighted by Crippen LogP contribution is 2.45. The largest absolute Gasteiger partial charge is 0.490 e. The highest BCUT2D eigenvalue weighted by molar-refractivity contribution is 7.90. The van der Waals surface area contributed by atoms with Crippen LogP contribution in [0, 0.1) is 11.8 Å². The first kappa shape index (κ1) is 38.2. The van der Waals surface area contributed by atoms with Crippen molar-refractivity contribution in [2.75, 3.05) is 57.9 Å². The topological polar surface area (TPSA) is 108 Å². The number of anilines is 1. The van der Waals surface area contributed by atoms with Crippen LogP contribution in [0.25, 0.3) is 0 Å². The standard InChI is InChI=1S/C41H55ClN4O6S/c1-28-7-4-10-36(40(48)44(3)20-15-30-16-21-51-22-17-30)46-19-6-9-34(46)25-45-26-41(18-5-8-31-23-33(42)12-13-35(31)41)27-52-38-14-11-32(24-37(38)45)39(47)43-53(49,50)29(28)2/h4,10-14,23-24,28-30,34,36H,5-9,15-22,25-27H2,1-3H3,(H,43,47)/b10-4+/t28-,29+,34-,36+,41-/m0/s1. The number of carbonyl (C=O) groups excluding carboxylic acids is 2. The van der Waals surface area contributed by atoms with Gasteiger partial charge in [-0.2, -0.15) is 0 Å². The van der Waals surface area contributed by atoms with Gasteiger partial charge >= 0.3 is 0 Å². The minimum Gasteiger partial charge on any atom is -0.490 e. The van der Waals surface area contributed by atoms with E-state index in [9.17, 15) is 18.0 Å². The molecule has 288 valence electrons. The molecule has 2 aromatic carbocycles. The van der Waals surface area contributed by atoms with Crippen LogP contribution in [0.15, 0.2) is 48.6 Å². The normalized spacial score (nSPS) is 30.0. The van der Waals surface area contributed by atoms with E-state index in [1.807, 2.05) is 37.1 Å². The van der Waals surface area contributed by atoms with E-state index in [2.05, 4.69) is 26.7 Å². The smallest absolute Gasteiger partial charge is 0.264 e. The molecule has 7 rings (SSSR count). The molecule has 2 saturated heterocycles. The van der Waals surface area contributed by atoms with Crippen molar-refractivity contribution in [2.24, 2.45) is 11.8 Å². The second-order valence-corrected chi connectivity index (χ2v) is 18.7. The van der Waals surface area contributed by atoms with Gasteiger partial charge in [-0.3, -0.25) is 14.5 Å². The highest BCUT2D eigenvalue weighted by atomic mass is 35.5. The van der Waals surface area contributed by atoms with Gasteiger partial charge in [0.2, 0.25) is 15.9 Å². The Kier molecular flexibility index (Phi) is 11.5. The Labute approximate surface area is 320 Å². The van der Waals surface area contributed by atoms with Gasteiger partial charge in [0.05, 0.1) is 17.5 Å². The first-order valence-electron chi connectivity index (χ1n) is 19.6. The Morgan fingerprint density at radius 2 is 1.91 bits per heavy atom. The molecule has 53 heavy (non-hydrogen) atoms. The number of halogens is 1. The fraction of sp³-hybridized carbons (Fsp3) is 0.610. The first-order valence-corrected chi connectivity index (χ1v) is 21.5. The number of nitrogens with zero attached hydrogens (tertiary/aromatic N) is 3. The maximum absolute atomic E-state index is 14.5. The van der Waals surface area contributed by atoms with Gasteiger partial charge < -0.3 is 19.3 Å². The third-order valence-electron chi connectivity index (χ3n) is 12.7. The molecule has 10 nitrogen and oxygen atoms in total. The molecule has 1 spiro atoms. The zero-order valence-electron chi connectivity index (χ0n) is 31.4. The van der Waals surface area contributed by atoms with Crippen LogP contribution >= 0.6 is 11.6 Å². The third-order valence-corrected chi connectivity index (χ3v) is 14.9. The number of carbonyl (C=O) groups is 2. The molecule has 12 heteroatoms. The predicted octanol–water partition coefficient (Wildman–Crippen LogP) is 5.97. The summed E-state index contributed by atoms with van der Waals surface area (Å²) >= 11 is 6.48. The van der Waals surface area contributed by atoms with Gasteiger partial charge in [0.25, 0.3) is 5.91 Å². The lowest BCUT2D eigenvalue weighted by molar-refractivity contribution is -0.134. The second kappa shape index (κ2) is 15.9. The van der Waals surface area contributed by atoms with Gasteiger partial charge in [-0.25, -0.2) is 13.1 Å². The van der Waals surface area contributed by atoms with E-state index in [0.29, 0.717) is 44.3 Å². The van der Waals surface area contributed by atoms with Crippen molar-refractivity contribution < 1.29 is 27.5 Å². The molecule has 0 unspecified atom stereocenters. The van der Waals surface area contributed by atoms with E-state index < -0.39 is 27.2 Å². The molecule has 4 aliphatic heterocycles. The molecule has 4 heterocycles. The van der Waals surface area contributed by atoms with Gasteiger partial charge in [-0.15, -0.1) is 0 Å². The molecule has 2 fully saturated rings. The van der Waals surface area contributed by atoms with E-state index in [1.165, 1.54) is 11.1 Å². The SMILES string of the molecule is C[C@@H]1[C@@H](C)C/C=C/[C@H](C(=O)N(C)CCC2CCOCC2)N2CCC[C@H]2CN2C[C@@]3(CCCc4cc(Cl)ccc43)COc3ccc(cc32)C(=O)NS1(=O)=O. The summed E-state index contributed by atoms with van der Waals surface area (Å²) in [4.78, 5) is 34.7. The molecule has 1 N–H and O–H groups in total. The van der Waals surface area contributed by atoms with Crippen molar-refractivity contribution >= 4 is 39.1 Å². The summed E-state index contributed by atoms with van der Waals surface area (Å²) in [7, 11) is -2.08. The summed E-state index contributed by atoms with van der Waals surface area (Å²) in [6, 6.07) is 11.0. The molecule has 5 aliphatic rings. The Morgan fingerprint density at radius 3 is 2.72 bits per heavy atom. The number of benzene rings is 2. The average molecular weight is 767 g/mol. The highest BCUT2D eigenvalue weighted by Gasteiger charge is 2.44. The summed E-state index contributed by atoms with van der Waals surface area (Å²) in [6.07, 6.45) is 12.2. The molecule has 5 atom stereocenters. The zero-order valence-corrected chi connectivity index (χ0v) is 33.0. The minimum atomic E-state index is -4.00. The van der Waals surface area contributed by atoms with E-state index in [-0.39, 0.29) is 28.8 Å². The lowest BCUT2D eigenvalue weighted by Gasteiger charge is -2.42. The number of hydrogen-bond donors (Lipinski definition) is 1. The van der Waals surface area contributed by atoms with Gasteiger partial charge in [-0.05, 0) is 125 Å². The van der Waals surface area contributed by atoms with Crippen LogP contribution in [0.2, 0.25) is 5.02 Å². The fourth-order valence-corrected chi connectivity index (χ4v) is 10.7.